The first-order chi connectivity index (χ1) is 8.49. The molecular formula is C12H15NO4S. The molecule has 0 unspecified atom stereocenters. The lowest BCUT2D eigenvalue weighted by Gasteiger charge is -2.19. The molecule has 1 fully saturated rings. The molecule has 0 radical (unpaired) electrons. The van der Waals surface area contributed by atoms with E-state index in [0.29, 0.717) is 5.56 Å². The lowest BCUT2D eigenvalue weighted by atomic mass is 10.2. The fourth-order valence-corrected chi connectivity index (χ4v) is 3.57. The van der Waals surface area contributed by atoms with Gasteiger partial charge in [0.15, 0.2) is 0 Å². The van der Waals surface area contributed by atoms with Crippen molar-refractivity contribution in [2.45, 2.75) is 24.6 Å². The topological polar surface area (TPSA) is 74.7 Å². The molecule has 98 valence electrons. The van der Waals surface area contributed by atoms with Crippen LogP contribution in [0.2, 0.25) is 0 Å². The molecule has 1 aliphatic rings. The number of aliphatic carboxylic acids is 1. The summed E-state index contributed by atoms with van der Waals surface area (Å²) in [7, 11) is -3.55. The minimum atomic E-state index is -3.55. The number of sulfonamides is 1. The van der Waals surface area contributed by atoms with Crippen LogP contribution in [-0.2, 0) is 20.6 Å². The van der Waals surface area contributed by atoms with E-state index in [4.69, 9.17) is 5.11 Å². The third-order valence-corrected chi connectivity index (χ3v) is 4.63. The number of carboxylic acid groups (broad SMARTS) is 1. The van der Waals surface area contributed by atoms with Crippen LogP contribution in [0.5, 0.6) is 0 Å². The summed E-state index contributed by atoms with van der Waals surface area (Å²) in [6, 6.07) is 8.67. The fourth-order valence-electron chi connectivity index (χ4n) is 1.82. The molecule has 1 aromatic carbocycles. The lowest BCUT2D eigenvalue weighted by molar-refractivity contribution is -0.137. The van der Waals surface area contributed by atoms with Gasteiger partial charge in [-0.25, -0.2) is 8.42 Å². The Morgan fingerprint density at radius 1 is 1.28 bits per heavy atom. The van der Waals surface area contributed by atoms with Gasteiger partial charge in [-0.15, -0.1) is 0 Å². The van der Waals surface area contributed by atoms with Gasteiger partial charge in [-0.3, -0.25) is 4.79 Å². The molecule has 2 rings (SSSR count). The van der Waals surface area contributed by atoms with Crippen LogP contribution >= 0.6 is 0 Å². The van der Waals surface area contributed by atoms with Crippen LogP contribution in [0.1, 0.15) is 18.4 Å². The first kappa shape index (κ1) is 13.0. The Kier molecular flexibility index (Phi) is 3.68. The van der Waals surface area contributed by atoms with Crippen molar-refractivity contribution >= 4 is 16.0 Å². The minimum absolute atomic E-state index is 0.130. The van der Waals surface area contributed by atoms with Crippen molar-refractivity contribution in [3.63, 3.8) is 0 Å². The Morgan fingerprint density at radius 3 is 2.39 bits per heavy atom. The monoisotopic (exact) mass is 269 g/mol. The van der Waals surface area contributed by atoms with E-state index in [0.717, 1.165) is 17.1 Å². The van der Waals surface area contributed by atoms with Crippen molar-refractivity contribution < 1.29 is 18.3 Å². The Labute approximate surface area is 106 Å². The molecule has 5 nitrogen and oxygen atoms in total. The smallest absolute Gasteiger partial charge is 0.318 e. The van der Waals surface area contributed by atoms with Crippen LogP contribution in [0.15, 0.2) is 30.3 Å². The number of hydrogen-bond acceptors (Lipinski definition) is 3. The van der Waals surface area contributed by atoms with E-state index in [-0.39, 0.29) is 11.8 Å². The van der Waals surface area contributed by atoms with Crippen LogP contribution in [0.4, 0.5) is 0 Å². The van der Waals surface area contributed by atoms with E-state index < -0.39 is 22.5 Å². The Morgan fingerprint density at radius 2 is 1.89 bits per heavy atom. The molecule has 0 heterocycles. The van der Waals surface area contributed by atoms with Crippen LogP contribution in [0.3, 0.4) is 0 Å². The molecule has 1 N–H and O–H groups in total. The molecule has 0 spiro atoms. The average molecular weight is 269 g/mol. The van der Waals surface area contributed by atoms with Gasteiger partial charge < -0.3 is 5.11 Å². The zero-order valence-electron chi connectivity index (χ0n) is 9.82. The van der Waals surface area contributed by atoms with E-state index in [9.17, 15) is 13.2 Å². The van der Waals surface area contributed by atoms with Gasteiger partial charge in [0, 0.05) is 6.04 Å². The number of hydrogen-bond donors (Lipinski definition) is 1. The highest BCUT2D eigenvalue weighted by Gasteiger charge is 2.38. The quantitative estimate of drug-likeness (QED) is 0.838. The zero-order chi connectivity index (χ0) is 13.2. The Hall–Kier alpha value is -1.40. The number of carboxylic acids is 1. The van der Waals surface area contributed by atoms with E-state index in [2.05, 4.69) is 0 Å². The largest absolute Gasteiger partial charge is 0.480 e. The van der Waals surface area contributed by atoms with Gasteiger partial charge in [0.1, 0.15) is 6.54 Å². The standard InChI is InChI=1S/C12H15NO4S/c14-12(15)8-13(11-6-7-11)18(16,17)9-10-4-2-1-3-5-10/h1-5,11H,6-9H2,(H,14,15). The summed E-state index contributed by atoms with van der Waals surface area (Å²) >= 11 is 0. The molecule has 0 aliphatic heterocycles. The number of benzene rings is 1. The molecule has 18 heavy (non-hydrogen) atoms. The summed E-state index contributed by atoms with van der Waals surface area (Å²) in [6.07, 6.45) is 1.50. The van der Waals surface area contributed by atoms with Gasteiger partial charge >= 0.3 is 5.97 Å². The van der Waals surface area contributed by atoms with Crippen molar-refractivity contribution in [1.82, 2.24) is 4.31 Å². The molecule has 0 bridgehead atoms. The summed E-state index contributed by atoms with van der Waals surface area (Å²) in [5, 5.41) is 8.78. The molecule has 0 amide bonds. The molecular weight excluding hydrogens is 254 g/mol. The van der Waals surface area contributed by atoms with Crippen molar-refractivity contribution in [3.8, 4) is 0 Å². The third kappa shape index (κ3) is 3.30. The van der Waals surface area contributed by atoms with E-state index in [1.807, 2.05) is 6.07 Å². The maximum atomic E-state index is 12.2. The zero-order valence-corrected chi connectivity index (χ0v) is 10.6. The number of carbonyl (C=O) groups is 1. The average Bonchev–Trinajstić information content (AvgIpc) is 3.10. The summed E-state index contributed by atoms with van der Waals surface area (Å²) in [5.74, 6) is -1.25. The van der Waals surface area contributed by atoms with E-state index >= 15 is 0 Å². The highest BCUT2D eigenvalue weighted by molar-refractivity contribution is 7.88. The number of nitrogens with zero attached hydrogens (tertiary/aromatic N) is 1. The normalized spacial score (nSPS) is 15.8. The second-order valence-electron chi connectivity index (χ2n) is 4.41. The summed E-state index contributed by atoms with van der Waals surface area (Å²) in [4.78, 5) is 10.7. The van der Waals surface area contributed by atoms with Crippen LogP contribution in [0, 0.1) is 0 Å². The van der Waals surface area contributed by atoms with Gasteiger partial charge in [0.05, 0.1) is 5.75 Å². The lowest BCUT2D eigenvalue weighted by Crippen LogP contribution is -2.38. The summed E-state index contributed by atoms with van der Waals surface area (Å²) < 4.78 is 25.5. The Bertz CT molecular complexity index is 522. The minimum Gasteiger partial charge on any atom is -0.480 e. The van der Waals surface area contributed by atoms with Crippen LogP contribution in [-0.4, -0.2) is 36.4 Å². The maximum Gasteiger partial charge on any atom is 0.318 e. The maximum absolute atomic E-state index is 12.2. The Balaban J connectivity index is 2.15. The molecule has 6 heteroatoms. The third-order valence-electron chi connectivity index (χ3n) is 2.79. The molecule has 1 aliphatic carbocycles. The van der Waals surface area contributed by atoms with Crippen molar-refractivity contribution in [2.24, 2.45) is 0 Å². The van der Waals surface area contributed by atoms with Crippen molar-refractivity contribution in [3.05, 3.63) is 35.9 Å². The molecule has 0 atom stereocenters. The molecule has 0 aromatic heterocycles. The highest BCUT2D eigenvalue weighted by atomic mass is 32.2. The summed E-state index contributed by atoms with van der Waals surface area (Å²) in [5.41, 5.74) is 0.675. The second kappa shape index (κ2) is 5.07. The van der Waals surface area contributed by atoms with Crippen molar-refractivity contribution in [1.29, 1.82) is 0 Å². The van der Waals surface area contributed by atoms with Gasteiger partial charge in [0.2, 0.25) is 10.0 Å². The van der Waals surface area contributed by atoms with Crippen molar-refractivity contribution in [2.75, 3.05) is 6.54 Å². The van der Waals surface area contributed by atoms with Gasteiger partial charge in [0.25, 0.3) is 0 Å². The fraction of sp³-hybridized carbons (Fsp3) is 0.417. The van der Waals surface area contributed by atoms with E-state index in [1.165, 1.54) is 0 Å². The molecule has 0 saturated heterocycles. The molecule has 1 saturated carbocycles. The summed E-state index contributed by atoms with van der Waals surface area (Å²) in [6.45, 7) is -0.445. The van der Waals surface area contributed by atoms with Gasteiger partial charge in [-0.1, -0.05) is 30.3 Å². The van der Waals surface area contributed by atoms with Crippen LogP contribution < -0.4 is 0 Å². The van der Waals surface area contributed by atoms with Gasteiger partial charge in [-0.2, -0.15) is 4.31 Å². The predicted molar refractivity (Wildman–Crippen MR) is 66.4 cm³/mol. The second-order valence-corrected chi connectivity index (χ2v) is 6.33. The molecule has 1 aromatic rings. The first-order valence-electron chi connectivity index (χ1n) is 5.74. The SMILES string of the molecule is O=C(O)CN(C1CC1)S(=O)(=O)Cc1ccccc1. The highest BCUT2D eigenvalue weighted by Crippen LogP contribution is 2.30. The first-order valence-corrected chi connectivity index (χ1v) is 7.35. The van der Waals surface area contributed by atoms with E-state index in [1.54, 1.807) is 24.3 Å². The van der Waals surface area contributed by atoms with Gasteiger partial charge in [-0.05, 0) is 18.4 Å². The number of rotatable bonds is 6. The van der Waals surface area contributed by atoms with Crippen LogP contribution in [0.25, 0.3) is 0 Å². The predicted octanol–water partition coefficient (Wildman–Crippen LogP) is 1.07.